The molecular weight excluding hydrogens is 657 g/mol. The molecule has 1 fully saturated rings. The van der Waals surface area contributed by atoms with E-state index < -0.39 is 0 Å². The van der Waals surface area contributed by atoms with Crippen molar-refractivity contribution in [3.05, 3.63) is 0 Å². The van der Waals surface area contributed by atoms with Crippen LogP contribution in [0.4, 0.5) is 0 Å². The van der Waals surface area contributed by atoms with Crippen LogP contribution < -0.4 is 0 Å². The van der Waals surface area contributed by atoms with E-state index in [-0.39, 0.29) is 18.3 Å². The van der Waals surface area contributed by atoms with Gasteiger partial charge < -0.3 is 20.2 Å². The summed E-state index contributed by atoms with van der Waals surface area (Å²) in [4.78, 5) is 9.98. The number of piperazine rings is 1. The summed E-state index contributed by atoms with van der Waals surface area (Å²) in [5.74, 6) is 0. The van der Waals surface area contributed by atoms with E-state index in [1.165, 1.54) is 135 Å². The third-order valence-corrected chi connectivity index (χ3v) is 12.0. The SMILES string of the molecule is CCCCCCCCCCC(O)CN(CCN1CCN(CC)CC1)CCN(CC(O)CCCCCCCCCC)CC(O)CCCCCCCCCC. The molecule has 0 saturated carbocycles. The molecule has 3 atom stereocenters. The second-order valence-electron chi connectivity index (χ2n) is 17.1. The predicted octanol–water partition coefficient (Wildman–Crippen LogP) is 9.90. The minimum Gasteiger partial charge on any atom is -0.392 e. The van der Waals surface area contributed by atoms with Crippen LogP contribution in [-0.4, -0.2) is 132 Å². The standard InChI is InChI=1S/C46H96N4O3/c1-5-9-12-15-18-21-24-27-30-44(51)41-49(38-37-48-35-33-47(8-4)34-36-48)39-40-50(42-45(52)31-28-25-22-19-16-13-10-6-2)43-46(53)32-29-26-23-20-17-14-11-7-3/h44-46,51-53H,5-43H2,1-4H3. The maximum Gasteiger partial charge on any atom is 0.0667 e. The molecule has 0 bridgehead atoms. The zero-order valence-corrected chi connectivity index (χ0v) is 36.4. The molecular formula is C46H96N4O3. The van der Waals surface area contributed by atoms with Gasteiger partial charge in [-0.15, -0.1) is 0 Å². The van der Waals surface area contributed by atoms with Crippen LogP contribution >= 0.6 is 0 Å². The molecule has 1 heterocycles. The summed E-state index contributed by atoms with van der Waals surface area (Å²) in [5.41, 5.74) is 0. The van der Waals surface area contributed by atoms with Crippen molar-refractivity contribution in [2.24, 2.45) is 0 Å². The van der Waals surface area contributed by atoms with Crippen molar-refractivity contribution in [3.63, 3.8) is 0 Å². The molecule has 318 valence electrons. The minimum absolute atomic E-state index is 0.291. The highest BCUT2D eigenvalue weighted by molar-refractivity contribution is 4.76. The quantitative estimate of drug-likeness (QED) is 0.0539. The molecule has 0 spiro atoms. The van der Waals surface area contributed by atoms with Crippen molar-refractivity contribution in [1.29, 1.82) is 0 Å². The van der Waals surface area contributed by atoms with Gasteiger partial charge in [0.1, 0.15) is 0 Å². The molecule has 0 aromatic heterocycles. The maximum atomic E-state index is 11.2. The predicted molar refractivity (Wildman–Crippen MR) is 231 cm³/mol. The Hall–Kier alpha value is -0.280. The fourth-order valence-corrected chi connectivity index (χ4v) is 8.16. The zero-order chi connectivity index (χ0) is 38.6. The molecule has 3 unspecified atom stereocenters. The number of unbranched alkanes of at least 4 members (excludes halogenated alkanes) is 21. The van der Waals surface area contributed by atoms with Crippen molar-refractivity contribution in [3.8, 4) is 0 Å². The van der Waals surface area contributed by atoms with Gasteiger partial charge in [-0.25, -0.2) is 0 Å². The topological polar surface area (TPSA) is 73.7 Å². The largest absolute Gasteiger partial charge is 0.392 e. The Morgan fingerprint density at radius 1 is 0.377 bits per heavy atom. The van der Waals surface area contributed by atoms with E-state index >= 15 is 0 Å². The summed E-state index contributed by atoms with van der Waals surface area (Å²) in [7, 11) is 0. The first-order valence-corrected chi connectivity index (χ1v) is 23.8. The maximum absolute atomic E-state index is 11.2. The Morgan fingerprint density at radius 2 is 0.679 bits per heavy atom. The van der Waals surface area contributed by atoms with Gasteiger partial charge in [0, 0.05) is 72.0 Å². The third-order valence-electron chi connectivity index (χ3n) is 12.0. The van der Waals surface area contributed by atoms with Gasteiger partial charge in [-0.2, -0.15) is 0 Å². The summed E-state index contributed by atoms with van der Waals surface area (Å²) in [5, 5.41) is 33.6. The molecule has 7 heteroatoms. The van der Waals surface area contributed by atoms with E-state index in [4.69, 9.17) is 0 Å². The number of hydrogen-bond acceptors (Lipinski definition) is 7. The fraction of sp³-hybridized carbons (Fsp3) is 1.00. The molecule has 1 saturated heterocycles. The van der Waals surface area contributed by atoms with Crippen molar-refractivity contribution < 1.29 is 15.3 Å². The van der Waals surface area contributed by atoms with Crippen molar-refractivity contribution in [2.45, 2.75) is 219 Å². The lowest BCUT2D eigenvalue weighted by atomic mass is 10.0. The van der Waals surface area contributed by atoms with Crippen LogP contribution in [0.25, 0.3) is 0 Å². The normalized spacial score (nSPS) is 16.2. The van der Waals surface area contributed by atoms with E-state index in [9.17, 15) is 15.3 Å². The second kappa shape index (κ2) is 37.3. The van der Waals surface area contributed by atoms with Gasteiger partial charge in [0.15, 0.2) is 0 Å². The lowest BCUT2D eigenvalue weighted by Crippen LogP contribution is -2.49. The number of aliphatic hydroxyl groups excluding tert-OH is 3. The second-order valence-corrected chi connectivity index (χ2v) is 17.1. The van der Waals surface area contributed by atoms with Crippen LogP contribution in [0.3, 0.4) is 0 Å². The number of rotatable bonds is 40. The fourth-order valence-electron chi connectivity index (χ4n) is 8.16. The lowest BCUT2D eigenvalue weighted by molar-refractivity contribution is 0.0449. The molecule has 0 aliphatic carbocycles. The summed E-state index contributed by atoms with van der Waals surface area (Å²) < 4.78 is 0. The first-order valence-electron chi connectivity index (χ1n) is 23.8. The van der Waals surface area contributed by atoms with Crippen LogP contribution in [-0.2, 0) is 0 Å². The minimum atomic E-state index is -0.346. The van der Waals surface area contributed by atoms with Crippen LogP contribution in [0.1, 0.15) is 201 Å². The Bertz CT molecular complexity index is 710. The lowest BCUT2D eigenvalue weighted by Gasteiger charge is -2.36. The van der Waals surface area contributed by atoms with E-state index in [1.54, 1.807) is 0 Å². The number of nitrogens with zero attached hydrogens (tertiary/aromatic N) is 4. The number of likely N-dealkylation sites (N-methyl/N-ethyl adjacent to an activating group) is 1. The molecule has 7 nitrogen and oxygen atoms in total. The molecule has 3 N–H and O–H groups in total. The van der Waals surface area contributed by atoms with Gasteiger partial charge >= 0.3 is 0 Å². The van der Waals surface area contributed by atoms with Gasteiger partial charge in [0.05, 0.1) is 18.3 Å². The summed E-state index contributed by atoms with van der Waals surface area (Å²) >= 11 is 0. The highest BCUT2D eigenvalue weighted by atomic mass is 16.3. The first-order chi connectivity index (χ1) is 25.9. The Morgan fingerprint density at radius 3 is 1.04 bits per heavy atom. The average molecular weight is 753 g/mol. The van der Waals surface area contributed by atoms with Crippen molar-refractivity contribution >= 4 is 0 Å². The van der Waals surface area contributed by atoms with Gasteiger partial charge in [-0.3, -0.25) is 14.7 Å². The highest BCUT2D eigenvalue weighted by Crippen LogP contribution is 2.15. The Labute approximate surface area is 332 Å². The molecule has 53 heavy (non-hydrogen) atoms. The first kappa shape index (κ1) is 50.7. The Kier molecular flexibility index (Phi) is 35.7. The van der Waals surface area contributed by atoms with Gasteiger partial charge in [-0.1, -0.05) is 182 Å². The number of aliphatic hydroxyl groups is 3. The van der Waals surface area contributed by atoms with E-state index in [2.05, 4.69) is 47.3 Å². The smallest absolute Gasteiger partial charge is 0.0667 e. The average Bonchev–Trinajstić information content (AvgIpc) is 3.16. The van der Waals surface area contributed by atoms with Crippen LogP contribution in [0.5, 0.6) is 0 Å². The zero-order valence-electron chi connectivity index (χ0n) is 36.4. The molecule has 0 aromatic carbocycles. The molecule has 0 aromatic rings. The summed E-state index contributed by atoms with van der Waals surface area (Å²) in [6.45, 7) is 20.5. The van der Waals surface area contributed by atoms with Crippen LogP contribution in [0.2, 0.25) is 0 Å². The Balaban J connectivity index is 2.71. The molecule has 1 rings (SSSR count). The molecule has 0 radical (unpaired) electrons. The molecule has 1 aliphatic heterocycles. The molecule has 0 amide bonds. The van der Waals surface area contributed by atoms with E-state index in [1.807, 2.05) is 0 Å². The van der Waals surface area contributed by atoms with Crippen LogP contribution in [0, 0.1) is 0 Å². The molecule has 1 aliphatic rings. The summed E-state index contributed by atoms with van der Waals surface area (Å²) in [6.07, 6.45) is 32.5. The van der Waals surface area contributed by atoms with Gasteiger partial charge in [-0.05, 0) is 25.8 Å². The number of hydrogen-bond donors (Lipinski definition) is 3. The monoisotopic (exact) mass is 753 g/mol. The van der Waals surface area contributed by atoms with E-state index in [0.29, 0.717) is 13.1 Å². The van der Waals surface area contributed by atoms with Crippen molar-refractivity contribution in [1.82, 2.24) is 19.6 Å². The third kappa shape index (κ3) is 31.5. The summed E-state index contributed by atoms with van der Waals surface area (Å²) in [6, 6.07) is 0. The van der Waals surface area contributed by atoms with Crippen molar-refractivity contribution in [2.75, 3.05) is 78.5 Å². The van der Waals surface area contributed by atoms with Gasteiger partial charge in [0.2, 0.25) is 0 Å². The van der Waals surface area contributed by atoms with Gasteiger partial charge in [0.25, 0.3) is 0 Å². The van der Waals surface area contributed by atoms with E-state index in [0.717, 1.165) is 104 Å². The van der Waals surface area contributed by atoms with Crippen LogP contribution in [0.15, 0.2) is 0 Å². The highest BCUT2D eigenvalue weighted by Gasteiger charge is 2.21.